The predicted molar refractivity (Wildman–Crippen MR) is 82.4 cm³/mol. The molecule has 0 aromatic carbocycles. The minimum Gasteiger partial charge on any atom is -0.472 e. The Morgan fingerprint density at radius 2 is 2.37 bits per heavy atom. The van der Waals surface area contributed by atoms with E-state index in [-0.39, 0.29) is 0 Å². The van der Waals surface area contributed by atoms with E-state index in [1.165, 1.54) is 4.88 Å². The number of furan rings is 1. The second-order valence-corrected chi connectivity index (χ2v) is 5.82. The highest BCUT2D eigenvalue weighted by atomic mass is 79.9. The maximum absolute atomic E-state index is 5.03. The molecular weight excluding hydrogens is 326 g/mol. The van der Waals surface area contributed by atoms with Crippen molar-refractivity contribution in [3.8, 4) is 0 Å². The third kappa shape index (κ3) is 4.72. The van der Waals surface area contributed by atoms with Gasteiger partial charge in [-0.2, -0.15) is 0 Å². The number of hydrogen-bond acceptors (Lipinski definition) is 3. The molecule has 2 aromatic rings. The lowest BCUT2D eigenvalue weighted by atomic mass is 10.3. The zero-order chi connectivity index (χ0) is 13.5. The molecule has 0 aliphatic carbocycles. The molecule has 102 valence electrons. The Morgan fingerprint density at radius 3 is 3.00 bits per heavy atom. The van der Waals surface area contributed by atoms with Crippen LogP contribution in [0, 0.1) is 0 Å². The van der Waals surface area contributed by atoms with Crippen LogP contribution in [0.4, 0.5) is 0 Å². The fourth-order valence-corrected chi connectivity index (χ4v) is 2.90. The maximum atomic E-state index is 5.03. The predicted octanol–water partition coefficient (Wildman–Crippen LogP) is 3.36. The Balaban J connectivity index is 1.89. The fourth-order valence-electron chi connectivity index (χ4n) is 1.51. The van der Waals surface area contributed by atoms with Crippen LogP contribution in [0.2, 0.25) is 0 Å². The third-order valence-corrected chi connectivity index (χ3v) is 4.09. The van der Waals surface area contributed by atoms with Crippen LogP contribution in [0.15, 0.2) is 43.9 Å². The number of hydrogen-bond donors (Lipinski definition) is 2. The lowest BCUT2D eigenvalue weighted by Gasteiger charge is -2.09. The number of thiophene rings is 1. The molecule has 0 bridgehead atoms. The van der Waals surface area contributed by atoms with Gasteiger partial charge in [-0.1, -0.05) is 0 Å². The Bertz CT molecular complexity index is 522. The summed E-state index contributed by atoms with van der Waals surface area (Å²) in [5.41, 5.74) is 1.07. The molecule has 0 aliphatic rings. The Labute approximate surface area is 125 Å². The smallest absolute Gasteiger partial charge is 0.191 e. The quantitative estimate of drug-likeness (QED) is 0.647. The molecule has 0 spiro atoms. The summed E-state index contributed by atoms with van der Waals surface area (Å²) in [6, 6.07) is 4.03. The van der Waals surface area contributed by atoms with Gasteiger partial charge in [0.25, 0.3) is 0 Å². The topological polar surface area (TPSA) is 49.6 Å². The highest BCUT2D eigenvalue weighted by molar-refractivity contribution is 9.10. The summed E-state index contributed by atoms with van der Waals surface area (Å²) in [5.74, 6) is 0.813. The van der Waals surface area contributed by atoms with Crippen molar-refractivity contribution in [3.05, 3.63) is 45.0 Å². The minimum absolute atomic E-state index is 0.611. The van der Waals surface area contributed by atoms with E-state index < -0.39 is 0 Å². The van der Waals surface area contributed by atoms with Crippen molar-refractivity contribution in [2.45, 2.75) is 20.0 Å². The van der Waals surface area contributed by atoms with Crippen molar-refractivity contribution in [2.75, 3.05) is 6.54 Å². The van der Waals surface area contributed by atoms with Gasteiger partial charge in [0.05, 0.1) is 25.6 Å². The molecule has 2 N–H and O–H groups in total. The number of guanidine groups is 1. The normalized spacial score (nSPS) is 11.6. The van der Waals surface area contributed by atoms with Crippen LogP contribution < -0.4 is 10.6 Å². The van der Waals surface area contributed by atoms with Gasteiger partial charge >= 0.3 is 0 Å². The molecule has 0 unspecified atom stereocenters. The molecule has 6 heteroatoms. The number of rotatable bonds is 5. The number of aliphatic imine (C=N–C) groups is 1. The first-order chi connectivity index (χ1) is 9.28. The monoisotopic (exact) mass is 341 g/mol. The molecule has 0 radical (unpaired) electrons. The van der Waals surface area contributed by atoms with Crippen molar-refractivity contribution in [2.24, 2.45) is 4.99 Å². The molecule has 2 heterocycles. The summed E-state index contributed by atoms with van der Waals surface area (Å²) < 4.78 is 6.15. The average molecular weight is 342 g/mol. The van der Waals surface area contributed by atoms with Crippen LogP contribution in [-0.2, 0) is 13.1 Å². The Hall–Kier alpha value is -1.27. The highest BCUT2D eigenvalue weighted by Crippen LogP contribution is 2.19. The lowest BCUT2D eigenvalue weighted by molar-refractivity contribution is 0.564. The first-order valence-electron chi connectivity index (χ1n) is 6.04. The molecule has 0 atom stereocenters. The van der Waals surface area contributed by atoms with E-state index in [4.69, 9.17) is 4.42 Å². The van der Waals surface area contributed by atoms with Gasteiger partial charge in [-0.05, 0) is 35.0 Å². The first-order valence-corrected chi connectivity index (χ1v) is 7.71. The largest absolute Gasteiger partial charge is 0.472 e. The summed E-state index contributed by atoms with van der Waals surface area (Å²) in [6.07, 6.45) is 3.37. The zero-order valence-electron chi connectivity index (χ0n) is 10.6. The van der Waals surface area contributed by atoms with E-state index in [1.54, 1.807) is 23.9 Å². The third-order valence-electron chi connectivity index (χ3n) is 2.40. The first kappa shape index (κ1) is 14.1. The summed E-state index contributed by atoms with van der Waals surface area (Å²) in [7, 11) is 0. The molecule has 19 heavy (non-hydrogen) atoms. The van der Waals surface area contributed by atoms with Crippen LogP contribution >= 0.6 is 27.3 Å². The Kier molecular flexibility index (Phi) is 5.47. The number of halogens is 1. The van der Waals surface area contributed by atoms with Gasteiger partial charge in [-0.25, -0.2) is 4.99 Å². The lowest BCUT2D eigenvalue weighted by Crippen LogP contribution is -2.36. The maximum Gasteiger partial charge on any atom is 0.191 e. The summed E-state index contributed by atoms with van der Waals surface area (Å²) in [5, 5.41) is 8.61. The summed E-state index contributed by atoms with van der Waals surface area (Å²) in [4.78, 5) is 5.77. The van der Waals surface area contributed by atoms with Crippen molar-refractivity contribution in [1.82, 2.24) is 10.6 Å². The van der Waals surface area contributed by atoms with E-state index >= 15 is 0 Å². The van der Waals surface area contributed by atoms with Gasteiger partial charge in [-0.15, -0.1) is 11.3 Å². The zero-order valence-corrected chi connectivity index (χ0v) is 13.1. The van der Waals surface area contributed by atoms with E-state index in [2.05, 4.69) is 49.9 Å². The second kappa shape index (κ2) is 7.35. The molecule has 2 rings (SSSR count). The highest BCUT2D eigenvalue weighted by Gasteiger charge is 2.01. The standard InChI is InChI=1S/C13H16BrN3OS/c1-2-15-13(16-6-10-3-4-18-8-10)17-7-12-5-11(14)9-19-12/h3-5,8-9H,2,6-7H2,1H3,(H2,15,16,17). The van der Waals surface area contributed by atoms with Gasteiger partial charge in [0.15, 0.2) is 5.96 Å². The molecule has 0 saturated carbocycles. The van der Waals surface area contributed by atoms with E-state index in [0.717, 1.165) is 29.1 Å². The average Bonchev–Trinajstić information content (AvgIpc) is 3.04. The summed E-state index contributed by atoms with van der Waals surface area (Å²) >= 11 is 5.17. The van der Waals surface area contributed by atoms with Crippen LogP contribution in [-0.4, -0.2) is 12.5 Å². The van der Waals surface area contributed by atoms with E-state index in [0.29, 0.717) is 6.54 Å². The molecular formula is C13H16BrN3OS. The second-order valence-electron chi connectivity index (χ2n) is 3.91. The van der Waals surface area contributed by atoms with Crippen molar-refractivity contribution >= 4 is 33.2 Å². The van der Waals surface area contributed by atoms with Crippen LogP contribution in [0.1, 0.15) is 17.4 Å². The molecule has 2 aromatic heterocycles. The molecule has 4 nitrogen and oxygen atoms in total. The number of nitrogens with zero attached hydrogens (tertiary/aromatic N) is 1. The molecule has 0 amide bonds. The van der Waals surface area contributed by atoms with E-state index in [9.17, 15) is 0 Å². The fraction of sp³-hybridized carbons (Fsp3) is 0.308. The molecule has 0 fully saturated rings. The molecule has 0 saturated heterocycles. The van der Waals surface area contributed by atoms with Gasteiger partial charge in [0.1, 0.15) is 0 Å². The van der Waals surface area contributed by atoms with E-state index in [1.807, 2.05) is 6.07 Å². The van der Waals surface area contributed by atoms with Gasteiger partial charge in [-0.3, -0.25) is 0 Å². The minimum atomic E-state index is 0.611. The van der Waals surface area contributed by atoms with Crippen molar-refractivity contribution < 1.29 is 4.42 Å². The van der Waals surface area contributed by atoms with Gasteiger partial charge in [0.2, 0.25) is 0 Å². The van der Waals surface area contributed by atoms with Crippen LogP contribution in [0.25, 0.3) is 0 Å². The van der Waals surface area contributed by atoms with Gasteiger partial charge in [0, 0.05) is 26.8 Å². The van der Waals surface area contributed by atoms with Crippen molar-refractivity contribution in [1.29, 1.82) is 0 Å². The van der Waals surface area contributed by atoms with Crippen LogP contribution in [0.5, 0.6) is 0 Å². The van der Waals surface area contributed by atoms with Crippen molar-refractivity contribution in [3.63, 3.8) is 0 Å². The number of nitrogens with one attached hydrogen (secondary N) is 2. The SMILES string of the molecule is CCNC(=NCc1ccoc1)NCc1cc(Br)cs1. The summed E-state index contributed by atoms with van der Waals surface area (Å²) in [6.45, 7) is 4.27. The van der Waals surface area contributed by atoms with Crippen LogP contribution in [0.3, 0.4) is 0 Å². The molecule has 0 aliphatic heterocycles. The Morgan fingerprint density at radius 1 is 1.47 bits per heavy atom. The van der Waals surface area contributed by atoms with Gasteiger partial charge < -0.3 is 15.1 Å².